The highest BCUT2D eigenvalue weighted by Crippen LogP contribution is 2.44. The average molecular weight is 228 g/mol. The highest BCUT2D eigenvalue weighted by atomic mass is 32.1. The maximum atomic E-state index is 12.7. The molecule has 4 heteroatoms. The molecule has 86 valence electrons. The molecule has 0 aliphatic carbocycles. The van der Waals surface area contributed by atoms with Crippen LogP contribution in [0.4, 0.5) is 13.2 Å². The number of halogens is 3. The fourth-order valence-electron chi connectivity index (χ4n) is 1.41. The van der Waals surface area contributed by atoms with E-state index in [1.54, 1.807) is 34.6 Å². The second-order valence-corrected chi connectivity index (χ2v) is 6.69. The quantitative estimate of drug-likeness (QED) is 0.669. The SMILES string of the molecule is CC(C)(S)CC(C(C)(C)C)C(F)(F)F. The molecule has 1 atom stereocenters. The molecule has 0 rings (SSSR count). The fourth-order valence-corrected chi connectivity index (χ4v) is 1.60. The molecule has 0 N–H and O–H groups in total. The van der Waals surface area contributed by atoms with Crippen LogP contribution < -0.4 is 0 Å². The minimum Gasteiger partial charge on any atom is -0.173 e. The zero-order valence-electron chi connectivity index (χ0n) is 9.37. The van der Waals surface area contributed by atoms with Gasteiger partial charge in [0.05, 0.1) is 5.92 Å². The van der Waals surface area contributed by atoms with Crippen LogP contribution in [0, 0.1) is 11.3 Å². The first-order valence-corrected chi connectivity index (χ1v) is 5.08. The molecule has 0 saturated carbocycles. The van der Waals surface area contributed by atoms with Crippen molar-refractivity contribution in [3.63, 3.8) is 0 Å². The van der Waals surface area contributed by atoms with Gasteiger partial charge in [-0.3, -0.25) is 0 Å². The van der Waals surface area contributed by atoms with Crippen molar-refractivity contribution in [2.75, 3.05) is 0 Å². The second-order valence-electron chi connectivity index (χ2n) is 5.48. The van der Waals surface area contributed by atoms with Crippen molar-refractivity contribution in [2.45, 2.75) is 52.0 Å². The van der Waals surface area contributed by atoms with Crippen LogP contribution in [0.25, 0.3) is 0 Å². The minimum atomic E-state index is -4.14. The third-order valence-electron chi connectivity index (χ3n) is 2.14. The van der Waals surface area contributed by atoms with Crippen molar-refractivity contribution < 1.29 is 13.2 Å². The van der Waals surface area contributed by atoms with Crippen LogP contribution in [0.3, 0.4) is 0 Å². The Labute approximate surface area is 89.7 Å². The molecule has 0 aromatic heterocycles. The number of alkyl halides is 3. The lowest BCUT2D eigenvalue weighted by Crippen LogP contribution is -2.38. The van der Waals surface area contributed by atoms with Crippen LogP contribution in [0.15, 0.2) is 0 Å². The summed E-state index contributed by atoms with van der Waals surface area (Å²) in [5.74, 6) is -1.30. The molecular weight excluding hydrogens is 209 g/mol. The van der Waals surface area contributed by atoms with E-state index in [0.717, 1.165) is 0 Å². The zero-order valence-corrected chi connectivity index (χ0v) is 10.3. The third kappa shape index (κ3) is 5.13. The fraction of sp³-hybridized carbons (Fsp3) is 1.00. The summed E-state index contributed by atoms with van der Waals surface area (Å²) < 4.78 is 37.5. The first-order valence-electron chi connectivity index (χ1n) is 4.63. The van der Waals surface area contributed by atoms with Gasteiger partial charge in [-0.1, -0.05) is 34.6 Å². The summed E-state index contributed by atoms with van der Waals surface area (Å²) in [6.45, 7) is 8.27. The maximum Gasteiger partial charge on any atom is 0.392 e. The molecule has 0 fully saturated rings. The normalized spacial score (nSPS) is 16.9. The maximum absolute atomic E-state index is 12.7. The summed E-state index contributed by atoms with van der Waals surface area (Å²) in [4.78, 5) is 0. The standard InChI is InChI=1S/C10H19F3S/c1-8(2,3)7(10(11,12)13)6-9(4,5)14/h7,14H,6H2,1-5H3. The lowest BCUT2D eigenvalue weighted by Gasteiger charge is -2.36. The summed E-state index contributed by atoms with van der Waals surface area (Å²) in [6.07, 6.45) is -4.10. The van der Waals surface area contributed by atoms with Crippen molar-refractivity contribution in [3.8, 4) is 0 Å². The van der Waals surface area contributed by atoms with Gasteiger partial charge in [0.1, 0.15) is 0 Å². The number of hydrogen-bond acceptors (Lipinski definition) is 1. The van der Waals surface area contributed by atoms with Gasteiger partial charge in [-0.2, -0.15) is 25.8 Å². The van der Waals surface area contributed by atoms with Crippen LogP contribution in [0.1, 0.15) is 41.0 Å². The smallest absolute Gasteiger partial charge is 0.173 e. The first-order chi connectivity index (χ1) is 5.84. The third-order valence-corrected chi connectivity index (χ3v) is 2.33. The Kier molecular flexibility index (Phi) is 3.99. The van der Waals surface area contributed by atoms with Crippen LogP contribution in [0.5, 0.6) is 0 Å². The van der Waals surface area contributed by atoms with E-state index in [2.05, 4.69) is 12.6 Å². The van der Waals surface area contributed by atoms with E-state index in [4.69, 9.17) is 0 Å². The predicted octanol–water partition coefficient (Wildman–Crippen LogP) is 4.31. The Bertz CT molecular complexity index is 169. The molecule has 14 heavy (non-hydrogen) atoms. The minimum absolute atomic E-state index is 0.0448. The summed E-state index contributed by atoms with van der Waals surface area (Å²) >= 11 is 4.16. The molecule has 0 spiro atoms. The van der Waals surface area contributed by atoms with E-state index in [1.807, 2.05) is 0 Å². The van der Waals surface area contributed by atoms with E-state index in [9.17, 15) is 13.2 Å². The van der Waals surface area contributed by atoms with Gasteiger partial charge in [-0.15, -0.1) is 0 Å². The summed E-state index contributed by atoms with van der Waals surface area (Å²) in [5, 5.41) is 0. The zero-order chi connectivity index (χ0) is 11.8. The van der Waals surface area contributed by atoms with Gasteiger partial charge >= 0.3 is 6.18 Å². The van der Waals surface area contributed by atoms with E-state index >= 15 is 0 Å². The number of hydrogen-bond donors (Lipinski definition) is 1. The molecule has 0 bridgehead atoms. The predicted molar refractivity (Wildman–Crippen MR) is 56.7 cm³/mol. The molecule has 0 amide bonds. The van der Waals surface area contributed by atoms with Gasteiger partial charge in [0, 0.05) is 4.75 Å². The molecule has 0 aliphatic rings. The van der Waals surface area contributed by atoms with E-state index in [-0.39, 0.29) is 6.42 Å². The Balaban J connectivity index is 4.78. The van der Waals surface area contributed by atoms with E-state index in [1.165, 1.54) is 0 Å². The van der Waals surface area contributed by atoms with Gasteiger partial charge < -0.3 is 0 Å². The lowest BCUT2D eigenvalue weighted by molar-refractivity contribution is -0.203. The molecule has 0 radical (unpaired) electrons. The van der Waals surface area contributed by atoms with Gasteiger partial charge in [0.15, 0.2) is 0 Å². The Morgan fingerprint density at radius 3 is 1.43 bits per heavy atom. The molecule has 0 heterocycles. The highest BCUT2D eigenvalue weighted by Gasteiger charge is 2.48. The Morgan fingerprint density at radius 2 is 1.36 bits per heavy atom. The van der Waals surface area contributed by atoms with Crippen LogP contribution in [-0.4, -0.2) is 10.9 Å². The number of thiol groups is 1. The Morgan fingerprint density at radius 1 is 1.00 bits per heavy atom. The molecule has 1 unspecified atom stereocenters. The number of rotatable bonds is 2. The first kappa shape index (κ1) is 14.1. The summed E-state index contributed by atoms with van der Waals surface area (Å²) in [7, 11) is 0. The van der Waals surface area contributed by atoms with Gasteiger partial charge in [0.25, 0.3) is 0 Å². The van der Waals surface area contributed by atoms with Crippen molar-refractivity contribution in [2.24, 2.45) is 11.3 Å². The highest BCUT2D eigenvalue weighted by molar-refractivity contribution is 7.81. The molecule has 0 nitrogen and oxygen atoms in total. The lowest BCUT2D eigenvalue weighted by atomic mass is 9.75. The van der Waals surface area contributed by atoms with Gasteiger partial charge in [-0.05, 0) is 11.8 Å². The molecule has 0 aromatic carbocycles. The molecule has 0 saturated heterocycles. The Hall–Kier alpha value is 0.140. The molecule has 0 aromatic rings. The average Bonchev–Trinajstić information content (AvgIpc) is 1.75. The molecular formula is C10H19F3S. The van der Waals surface area contributed by atoms with E-state index in [0.29, 0.717) is 0 Å². The van der Waals surface area contributed by atoms with Gasteiger partial charge in [0.2, 0.25) is 0 Å². The van der Waals surface area contributed by atoms with E-state index < -0.39 is 22.3 Å². The second kappa shape index (κ2) is 3.95. The summed E-state index contributed by atoms with van der Waals surface area (Å²) in [5.41, 5.74) is -0.766. The topological polar surface area (TPSA) is 0 Å². The van der Waals surface area contributed by atoms with Crippen molar-refractivity contribution in [1.29, 1.82) is 0 Å². The van der Waals surface area contributed by atoms with Crippen LogP contribution >= 0.6 is 12.6 Å². The van der Waals surface area contributed by atoms with Crippen molar-refractivity contribution in [1.82, 2.24) is 0 Å². The van der Waals surface area contributed by atoms with Crippen molar-refractivity contribution >= 4 is 12.6 Å². The largest absolute Gasteiger partial charge is 0.392 e. The van der Waals surface area contributed by atoms with Crippen molar-refractivity contribution in [3.05, 3.63) is 0 Å². The van der Waals surface area contributed by atoms with Crippen LogP contribution in [0.2, 0.25) is 0 Å². The van der Waals surface area contributed by atoms with Crippen LogP contribution in [-0.2, 0) is 0 Å². The monoisotopic (exact) mass is 228 g/mol. The summed E-state index contributed by atoms with van der Waals surface area (Å²) in [6, 6.07) is 0. The van der Waals surface area contributed by atoms with Gasteiger partial charge in [-0.25, -0.2) is 0 Å². The molecule has 0 aliphatic heterocycles.